The Morgan fingerprint density at radius 1 is 1.21 bits per heavy atom. The van der Waals surface area contributed by atoms with Crippen molar-refractivity contribution >= 4 is 11.9 Å². The van der Waals surface area contributed by atoms with E-state index in [1.807, 2.05) is 25.1 Å². The molecule has 2 atom stereocenters. The summed E-state index contributed by atoms with van der Waals surface area (Å²) in [6, 6.07) is 10.3. The molecule has 1 amide bonds. The topological polar surface area (TPSA) is 95.4 Å². The van der Waals surface area contributed by atoms with Crippen molar-refractivity contribution in [1.29, 1.82) is 0 Å². The van der Waals surface area contributed by atoms with Crippen molar-refractivity contribution in [2.45, 2.75) is 38.6 Å². The van der Waals surface area contributed by atoms with Crippen LogP contribution in [0, 0.1) is 5.92 Å². The summed E-state index contributed by atoms with van der Waals surface area (Å²) in [4.78, 5) is 34.1. The third kappa shape index (κ3) is 5.60. The summed E-state index contributed by atoms with van der Waals surface area (Å²) < 4.78 is 0. The van der Waals surface area contributed by atoms with E-state index in [1.165, 1.54) is 11.8 Å². The minimum absolute atomic E-state index is 0.0293. The van der Waals surface area contributed by atoms with Gasteiger partial charge in [-0.1, -0.05) is 37.3 Å². The molecule has 2 aromatic rings. The van der Waals surface area contributed by atoms with E-state index in [2.05, 4.69) is 32.3 Å². The molecule has 7 heteroatoms. The highest BCUT2D eigenvalue weighted by atomic mass is 16.4. The van der Waals surface area contributed by atoms with Crippen molar-refractivity contribution < 1.29 is 14.7 Å². The Labute approximate surface area is 171 Å². The zero-order valence-electron chi connectivity index (χ0n) is 16.8. The molecule has 0 saturated carbocycles. The van der Waals surface area contributed by atoms with Crippen molar-refractivity contribution in [2.24, 2.45) is 5.92 Å². The average molecular weight is 396 g/mol. The minimum atomic E-state index is -1.05. The number of likely N-dealkylation sites (tertiary alicyclic amines) is 1. The van der Waals surface area contributed by atoms with Gasteiger partial charge in [0.2, 0.25) is 5.91 Å². The minimum Gasteiger partial charge on any atom is -0.476 e. The molecule has 2 N–H and O–H groups in total. The van der Waals surface area contributed by atoms with Crippen molar-refractivity contribution in [3.8, 4) is 0 Å². The molecule has 3 rings (SSSR count). The molecule has 2 unspecified atom stereocenters. The number of nitrogens with one attached hydrogen (secondary N) is 1. The molecule has 29 heavy (non-hydrogen) atoms. The predicted octanol–water partition coefficient (Wildman–Crippen LogP) is 2.70. The van der Waals surface area contributed by atoms with Crippen LogP contribution in [0.25, 0.3) is 0 Å². The Balaban J connectivity index is 1.78. The third-order valence-electron chi connectivity index (χ3n) is 5.53. The lowest BCUT2D eigenvalue weighted by molar-refractivity contribution is -0.120. The van der Waals surface area contributed by atoms with Gasteiger partial charge in [0, 0.05) is 44.4 Å². The Hall–Kier alpha value is -2.80. The van der Waals surface area contributed by atoms with E-state index in [0.29, 0.717) is 18.7 Å². The number of hydrogen-bond donors (Lipinski definition) is 2. The van der Waals surface area contributed by atoms with Gasteiger partial charge < -0.3 is 10.4 Å². The summed E-state index contributed by atoms with van der Waals surface area (Å²) in [5.41, 5.74) is 1.81. The second kappa shape index (κ2) is 10.1. The number of carboxylic acids is 1. The Morgan fingerprint density at radius 3 is 2.69 bits per heavy atom. The number of benzene rings is 1. The van der Waals surface area contributed by atoms with Gasteiger partial charge in [-0.15, -0.1) is 0 Å². The molecular weight excluding hydrogens is 368 g/mol. The highest BCUT2D eigenvalue weighted by Crippen LogP contribution is 2.35. The molecule has 0 spiro atoms. The van der Waals surface area contributed by atoms with E-state index >= 15 is 0 Å². The van der Waals surface area contributed by atoms with E-state index in [-0.39, 0.29) is 23.4 Å². The maximum Gasteiger partial charge on any atom is 0.356 e. The Bertz CT molecular complexity index is 828. The number of carbonyl (C=O) groups is 2. The smallest absolute Gasteiger partial charge is 0.356 e. The fraction of sp³-hybridized carbons (Fsp3) is 0.455. The third-order valence-corrected chi connectivity index (χ3v) is 5.53. The van der Waals surface area contributed by atoms with Crippen LogP contribution in [0.2, 0.25) is 0 Å². The maximum absolute atomic E-state index is 11.7. The van der Waals surface area contributed by atoms with Crippen LogP contribution < -0.4 is 5.32 Å². The van der Waals surface area contributed by atoms with Crippen LogP contribution in [0.1, 0.15) is 53.8 Å². The van der Waals surface area contributed by atoms with Gasteiger partial charge in [0.25, 0.3) is 0 Å². The van der Waals surface area contributed by atoms with Crippen molar-refractivity contribution in [1.82, 2.24) is 20.2 Å². The standard InChI is InChI=1S/C22H28N4O3/c1-2-19(27)23-10-8-17-9-13-26(14-16-6-4-3-5-7-16)15-18(17)20-21(22(28)29)25-12-11-24-20/h3-7,11-12,17-18H,2,8-10,13-15H2,1H3,(H,23,27)(H,28,29). The first-order valence-electron chi connectivity index (χ1n) is 10.2. The van der Waals surface area contributed by atoms with Gasteiger partial charge in [0.1, 0.15) is 0 Å². The molecule has 1 saturated heterocycles. The zero-order valence-corrected chi connectivity index (χ0v) is 16.8. The molecule has 7 nitrogen and oxygen atoms in total. The summed E-state index contributed by atoms with van der Waals surface area (Å²) in [6.07, 6.45) is 5.18. The number of piperidine rings is 1. The van der Waals surface area contributed by atoms with Crippen LogP contribution in [-0.4, -0.2) is 51.5 Å². The molecule has 1 aliphatic heterocycles. The number of hydrogen-bond acceptors (Lipinski definition) is 5. The van der Waals surface area contributed by atoms with Crippen LogP contribution in [0.5, 0.6) is 0 Å². The monoisotopic (exact) mass is 396 g/mol. The molecule has 154 valence electrons. The number of amides is 1. The van der Waals surface area contributed by atoms with E-state index in [0.717, 1.165) is 32.5 Å². The zero-order chi connectivity index (χ0) is 20.6. The lowest BCUT2D eigenvalue weighted by atomic mass is 9.80. The normalized spacial score (nSPS) is 19.6. The second-order valence-electron chi connectivity index (χ2n) is 7.46. The van der Waals surface area contributed by atoms with Crippen LogP contribution in [0.3, 0.4) is 0 Å². The number of carboxylic acid groups (broad SMARTS) is 1. The highest BCUT2D eigenvalue weighted by Gasteiger charge is 2.34. The van der Waals surface area contributed by atoms with Crippen molar-refractivity contribution in [3.63, 3.8) is 0 Å². The van der Waals surface area contributed by atoms with E-state index in [1.54, 1.807) is 6.20 Å². The molecular formula is C22H28N4O3. The first kappa shape index (κ1) is 20.9. The number of carbonyl (C=O) groups excluding carboxylic acids is 1. The summed E-state index contributed by atoms with van der Waals surface area (Å²) >= 11 is 0. The largest absolute Gasteiger partial charge is 0.476 e. The van der Waals surface area contributed by atoms with Gasteiger partial charge in [-0.05, 0) is 30.9 Å². The van der Waals surface area contributed by atoms with Gasteiger partial charge in [-0.3, -0.25) is 14.7 Å². The Kier molecular flexibility index (Phi) is 7.30. The summed E-state index contributed by atoms with van der Waals surface area (Å²) in [5, 5.41) is 12.5. The quantitative estimate of drug-likeness (QED) is 0.712. The molecule has 1 aromatic heterocycles. The van der Waals surface area contributed by atoms with Crippen LogP contribution in [0.15, 0.2) is 42.7 Å². The lowest BCUT2D eigenvalue weighted by Crippen LogP contribution is -2.41. The first-order valence-corrected chi connectivity index (χ1v) is 10.2. The molecule has 2 heterocycles. The summed E-state index contributed by atoms with van der Waals surface area (Å²) in [5.74, 6) is -0.806. The Morgan fingerprint density at radius 2 is 1.97 bits per heavy atom. The first-order chi connectivity index (χ1) is 14.1. The van der Waals surface area contributed by atoms with Gasteiger partial charge in [0.15, 0.2) is 5.69 Å². The van der Waals surface area contributed by atoms with Crippen LogP contribution in [0.4, 0.5) is 0 Å². The second-order valence-corrected chi connectivity index (χ2v) is 7.46. The van der Waals surface area contributed by atoms with Crippen LogP contribution >= 0.6 is 0 Å². The average Bonchev–Trinajstić information content (AvgIpc) is 2.75. The summed E-state index contributed by atoms with van der Waals surface area (Å²) in [7, 11) is 0. The van der Waals surface area contributed by atoms with Crippen LogP contribution in [-0.2, 0) is 11.3 Å². The number of nitrogens with zero attached hydrogens (tertiary/aromatic N) is 3. The molecule has 1 aromatic carbocycles. The fourth-order valence-electron chi connectivity index (χ4n) is 4.02. The van der Waals surface area contributed by atoms with Gasteiger partial charge in [0.05, 0.1) is 5.69 Å². The highest BCUT2D eigenvalue weighted by molar-refractivity contribution is 5.86. The van der Waals surface area contributed by atoms with Gasteiger partial charge >= 0.3 is 5.97 Å². The summed E-state index contributed by atoms with van der Waals surface area (Å²) in [6.45, 7) is 4.90. The molecule has 0 aliphatic carbocycles. The van der Waals surface area contributed by atoms with Gasteiger partial charge in [-0.2, -0.15) is 0 Å². The van der Waals surface area contributed by atoms with Crippen molar-refractivity contribution in [3.05, 3.63) is 59.7 Å². The van der Waals surface area contributed by atoms with Gasteiger partial charge in [-0.25, -0.2) is 9.78 Å². The molecule has 0 radical (unpaired) electrons. The van der Waals surface area contributed by atoms with E-state index < -0.39 is 5.97 Å². The fourth-order valence-corrected chi connectivity index (χ4v) is 4.02. The molecule has 1 aliphatic rings. The SMILES string of the molecule is CCC(=O)NCCC1CCN(Cc2ccccc2)CC1c1nccnc1C(=O)O. The maximum atomic E-state index is 11.7. The van der Waals surface area contributed by atoms with E-state index in [9.17, 15) is 14.7 Å². The number of rotatable bonds is 8. The molecule has 0 bridgehead atoms. The molecule has 1 fully saturated rings. The van der Waals surface area contributed by atoms with Crippen molar-refractivity contribution in [2.75, 3.05) is 19.6 Å². The van der Waals surface area contributed by atoms with E-state index in [4.69, 9.17) is 0 Å². The lowest BCUT2D eigenvalue weighted by Gasteiger charge is -2.38. The predicted molar refractivity (Wildman–Crippen MR) is 109 cm³/mol. The number of aromatic nitrogens is 2. The number of aromatic carboxylic acids is 1.